The fraction of sp³-hybridized carbons (Fsp3) is 0.632. The first-order chi connectivity index (χ1) is 12.2. The molecule has 26 heavy (non-hydrogen) atoms. The second-order valence-corrected chi connectivity index (χ2v) is 6.46. The molecule has 2 atom stereocenters. The molecule has 1 aromatic rings. The van der Waals surface area contributed by atoms with Gasteiger partial charge in [-0.2, -0.15) is 0 Å². The smallest absolute Gasteiger partial charge is 0.191 e. The molecule has 0 saturated carbocycles. The van der Waals surface area contributed by atoms with Crippen molar-refractivity contribution in [1.29, 1.82) is 0 Å². The summed E-state index contributed by atoms with van der Waals surface area (Å²) in [5, 5.41) is 6.72. The molecule has 2 N–H and O–H groups in total. The van der Waals surface area contributed by atoms with Crippen LogP contribution in [0.5, 0.6) is 5.75 Å². The molecule has 1 saturated heterocycles. The second kappa shape index (κ2) is 12.3. The number of nitrogens with one attached hydrogen (secondary N) is 2. The highest BCUT2D eigenvalue weighted by molar-refractivity contribution is 14.0. The molecule has 1 heterocycles. The lowest BCUT2D eigenvalue weighted by atomic mass is 10.0. The standard InChI is InChI=1S/C19H32N4O2.HI/c1-5-20-19(21-13-15-9-8-12-25-15)22-14-17(23(2)3)16-10-6-7-11-18(16)24-4;/h6-7,10-11,15,17H,5,8-9,12-14H2,1-4H3,(H2,20,21,22);1H. The number of methoxy groups -OCH3 is 1. The van der Waals surface area contributed by atoms with Crippen molar-refractivity contribution < 1.29 is 9.47 Å². The van der Waals surface area contributed by atoms with E-state index in [-0.39, 0.29) is 30.0 Å². The average Bonchev–Trinajstić information content (AvgIpc) is 3.13. The Morgan fingerprint density at radius 3 is 2.73 bits per heavy atom. The summed E-state index contributed by atoms with van der Waals surface area (Å²) in [5.74, 6) is 1.73. The van der Waals surface area contributed by atoms with Gasteiger partial charge in [-0.25, -0.2) is 0 Å². The van der Waals surface area contributed by atoms with E-state index in [0.29, 0.717) is 12.6 Å². The van der Waals surface area contributed by atoms with Crippen LogP contribution in [0, 0.1) is 0 Å². The van der Waals surface area contributed by atoms with Gasteiger partial charge in [-0.3, -0.25) is 4.99 Å². The van der Waals surface area contributed by atoms with E-state index in [2.05, 4.69) is 42.6 Å². The number of hydrogen-bond acceptors (Lipinski definition) is 4. The zero-order chi connectivity index (χ0) is 18.1. The maximum absolute atomic E-state index is 5.67. The third kappa shape index (κ3) is 6.92. The maximum atomic E-state index is 5.67. The number of para-hydroxylation sites is 1. The Morgan fingerprint density at radius 1 is 1.35 bits per heavy atom. The number of rotatable bonds is 8. The quantitative estimate of drug-likeness (QED) is 0.343. The molecule has 0 aromatic heterocycles. The van der Waals surface area contributed by atoms with Crippen LogP contribution in [0.4, 0.5) is 0 Å². The van der Waals surface area contributed by atoms with Gasteiger partial charge in [-0.15, -0.1) is 24.0 Å². The van der Waals surface area contributed by atoms with Crippen LogP contribution in [0.15, 0.2) is 29.3 Å². The summed E-state index contributed by atoms with van der Waals surface area (Å²) in [6, 6.07) is 8.28. The van der Waals surface area contributed by atoms with Crippen LogP contribution in [-0.4, -0.2) is 64.4 Å². The molecule has 2 unspecified atom stereocenters. The van der Waals surface area contributed by atoms with Gasteiger partial charge in [0.25, 0.3) is 0 Å². The SMILES string of the molecule is CCNC(=NCC(c1ccccc1OC)N(C)C)NCC1CCCO1.I. The third-order valence-electron chi connectivity index (χ3n) is 4.41. The Labute approximate surface area is 174 Å². The topological polar surface area (TPSA) is 58.1 Å². The zero-order valence-corrected chi connectivity index (χ0v) is 18.7. The maximum Gasteiger partial charge on any atom is 0.191 e. The molecule has 6 nitrogen and oxygen atoms in total. The Morgan fingerprint density at radius 2 is 2.12 bits per heavy atom. The normalized spacial score (nSPS) is 18.3. The van der Waals surface area contributed by atoms with E-state index >= 15 is 0 Å². The predicted molar refractivity (Wildman–Crippen MR) is 118 cm³/mol. The highest BCUT2D eigenvalue weighted by Gasteiger charge is 2.19. The van der Waals surface area contributed by atoms with Crippen LogP contribution in [0.25, 0.3) is 0 Å². The van der Waals surface area contributed by atoms with Crippen molar-refractivity contribution in [2.75, 3.05) is 47.4 Å². The van der Waals surface area contributed by atoms with Gasteiger partial charge < -0.3 is 25.0 Å². The van der Waals surface area contributed by atoms with Crippen LogP contribution in [0.1, 0.15) is 31.4 Å². The third-order valence-corrected chi connectivity index (χ3v) is 4.41. The van der Waals surface area contributed by atoms with Crippen LogP contribution in [0.2, 0.25) is 0 Å². The fourth-order valence-corrected chi connectivity index (χ4v) is 3.02. The summed E-state index contributed by atoms with van der Waals surface area (Å²) in [6.45, 7) is 5.23. The Hall–Kier alpha value is -1.06. The lowest BCUT2D eigenvalue weighted by molar-refractivity contribution is 0.114. The molecule has 7 heteroatoms. The van der Waals surface area contributed by atoms with Crippen LogP contribution in [-0.2, 0) is 4.74 Å². The number of benzene rings is 1. The lowest BCUT2D eigenvalue weighted by Gasteiger charge is -2.25. The van der Waals surface area contributed by atoms with Crippen molar-refractivity contribution in [2.45, 2.75) is 31.9 Å². The van der Waals surface area contributed by atoms with Crippen LogP contribution in [0.3, 0.4) is 0 Å². The Bertz CT molecular complexity index is 548. The van der Waals surface area contributed by atoms with Crippen molar-refractivity contribution in [2.24, 2.45) is 4.99 Å². The largest absolute Gasteiger partial charge is 0.496 e. The second-order valence-electron chi connectivity index (χ2n) is 6.46. The highest BCUT2D eigenvalue weighted by atomic mass is 127. The molecular weight excluding hydrogens is 443 g/mol. The molecule has 148 valence electrons. The van der Waals surface area contributed by atoms with E-state index in [4.69, 9.17) is 14.5 Å². The van der Waals surface area contributed by atoms with Crippen molar-refractivity contribution in [3.8, 4) is 5.75 Å². The summed E-state index contributed by atoms with van der Waals surface area (Å²) < 4.78 is 11.2. The molecule has 1 fully saturated rings. The molecule has 0 amide bonds. The molecule has 2 rings (SSSR count). The molecule has 1 aliphatic rings. The zero-order valence-electron chi connectivity index (χ0n) is 16.3. The Balaban J connectivity index is 0.00000338. The molecule has 1 aliphatic heterocycles. The number of ether oxygens (including phenoxy) is 2. The number of aliphatic imine (C=N–C) groups is 1. The summed E-state index contributed by atoms with van der Waals surface area (Å²) in [5.41, 5.74) is 1.15. The molecule has 0 bridgehead atoms. The van der Waals surface area contributed by atoms with Gasteiger partial charge in [0, 0.05) is 25.3 Å². The fourth-order valence-electron chi connectivity index (χ4n) is 3.02. The minimum absolute atomic E-state index is 0. The number of halogens is 1. The monoisotopic (exact) mass is 476 g/mol. The van der Waals surface area contributed by atoms with Crippen molar-refractivity contribution in [3.05, 3.63) is 29.8 Å². The van der Waals surface area contributed by atoms with Gasteiger partial charge in [-0.1, -0.05) is 18.2 Å². The minimum atomic E-state index is 0. The first-order valence-electron chi connectivity index (χ1n) is 9.08. The van der Waals surface area contributed by atoms with Gasteiger partial charge in [0.1, 0.15) is 5.75 Å². The van der Waals surface area contributed by atoms with Gasteiger partial charge >= 0.3 is 0 Å². The number of guanidine groups is 1. The minimum Gasteiger partial charge on any atom is -0.496 e. The predicted octanol–water partition coefficient (Wildman–Crippen LogP) is 2.65. The van der Waals surface area contributed by atoms with E-state index in [1.165, 1.54) is 0 Å². The highest BCUT2D eigenvalue weighted by Crippen LogP contribution is 2.28. The van der Waals surface area contributed by atoms with Crippen molar-refractivity contribution in [1.82, 2.24) is 15.5 Å². The molecule has 0 aliphatic carbocycles. The van der Waals surface area contributed by atoms with Crippen LogP contribution < -0.4 is 15.4 Å². The first-order valence-corrected chi connectivity index (χ1v) is 9.08. The van der Waals surface area contributed by atoms with E-state index < -0.39 is 0 Å². The number of nitrogens with zero attached hydrogens (tertiary/aromatic N) is 2. The molecule has 1 aromatic carbocycles. The average molecular weight is 476 g/mol. The van der Waals surface area contributed by atoms with Gasteiger partial charge in [0.05, 0.1) is 25.8 Å². The molecule has 0 spiro atoms. The van der Waals surface area contributed by atoms with E-state index in [9.17, 15) is 0 Å². The lowest BCUT2D eigenvalue weighted by Crippen LogP contribution is -2.41. The summed E-state index contributed by atoms with van der Waals surface area (Å²) in [7, 11) is 5.85. The number of hydrogen-bond donors (Lipinski definition) is 2. The van der Waals surface area contributed by atoms with Crippen molar-refractivity contribution in [3.63, 3.8) is 0 Å². The Kier molecular flexibility index (Phi) is 10.9. The van der Waals surface area contributed by atoms with E-state index in [1.807, 2.05) is 18.2 Å². The van der Waals surface area contributed by atoms with Gasteiger partial charge in [0.15, 0.2) is 5.96 Å². The summed E-state index contributed by atoms with van der Waals surface area (Å²) in [6.07, 6.45) is 2.56. The number of likely N-dealkylation sites (N-methyl/N-ethyl adjacent to an activating group) is 1. The summed E-state index contributed by atoms with van der Waals surface area (Å²) >= 11 is 0. The van der Waals surface area contributed by atoms with E-state index in [1.54, 1.807) is 7.11 Å². The molecule has 0 radical (unpaired) electrons. The van der Waals surface area contributed by atoms with Crippen molar-refractivity contribution >= 4 is 29.9 Å². The van der Waals surface area contributed by atoms with Crippen LogP contribution >= 0.6 is 24.0 Å². The first kappa shape index (κ1) is 23.0. The molecular formula is C19H33IN4O2. The van der Waals surface area contributed by atoms with Gasteiger partial charge in [0.2, 0.25) is 0 Å². The van der Waals surface area contributed by atoms with E-state index in [0.717, 1.165) is 49.8 Å². The summed E-state index contributed by atoms with van der Waals surface area (Å²) in [4.78, 5) is 6.96. The van der Waals surface area contributed by atoms with Gasteiger partial charge in [-0.05, 0) is 39.9 Å².